The zero-order valence-electron chi connectivity index (χ0n) is 19.4. The Morgan fingerprint density at radius 1 is 1.29 bits per heavy atom. The van der Waals surface area contributed by atoms with E-state index in [1.165, 1.54) is 17.2 Å². The van der Waals surface area contributed by atoms with Gasteiger partial charge in [-0.05, 0) is 24.6 Å². The summed E-state index contributed by atoms with van der Waals surface area (Å²) in [5.74, 6) is -3.00. The van der Waals surface area contributed by atoms with Gasteiger partial charge in [0, 0.05) is 39.5 Å². The van der Waals surface area contributed by atoms with Gasteiger partial charge in [-0.3, -0.25) is 0 Å². The van der Waals surface area contributed by atoms with Crippen LogP contribution in [0.4, 0.5) is 23.8 Å². The number of carbonyl (C=O) groups excluding carboxylic acids is 1. The standard InChI is InChI=1S/C24H29F3N4O3/c1-15(29-23(32)30(2)3)16-4-6-18(7-5-16)34-19-8-9-31(13-19)22-21(25)10-20(12-28-22)33-14-17-11-24(17,26)27/h4-7,10,12,15,17,19H,8-9,11,13-14H2,1-3H3,(H,29,32)/t15-,17?,19?/m0/s1. The Morgan fingerprint density at radius 2 is 2.00 bits per heavy atom. The highest BCUT2D eigenvalue weighted by atomic mass is 19.3. The molecule has 2 unspecified atom stereocenters. The molecule has 3 atom stereocenters. The summed E-state index contributed by atoms with van der Waals surface area (Å²) >= 11 is 0. The molecule has 1 aliphatic heterocycles. The molecule has 2 heterocycles. The van der Waals surface area contributed by atoms with Crippen molar-refractivity contribution in [1.82, 2.24) is 15.2 Å². The molecule has 1 aliphatic carbocycles. The van der Waals surface area contributed by atoms with Crippen molar-refractivity contribution in [2.45, 2.75) is 37.8 Å². The van der Waals surface area contributed by atoms with Crippen molar-refractivity contribution in [3.8, 4) is 11.5 Å². The zero-order valence-corrected chi connectivity index (χ0v) is 19.4. The molecule has 0 radical (unpaired) electrons. The molecule has 10 heteroatoms. The van der Waals surface area contributed by atoms with Crippen LogP contribution in [-0.4, -0.2) is 61.7 Å². The highest BCUT2D eigenvalue weighted by Crippen LogP contribution is 2.48. The van der Waals surface area contributed by atoms with Gasteiger partial charge in [-0.25, -0.2) is 22.9 Å². The van der Waals surface area contributed by atoms with E-state index in [0.717, 1.165) is 5.56 Å². The number of alkyl halides is 2. The van der Waals surface area contributed by atoms with E-state index >= 15 is 0 Å². The average molecular weight is 479 g/mol. The molecule has 2 amide bonds. The van der Waals surface area contributed by atoms with Gasteiger partial charge >= 0.3 is 6.03 Å². The van der Waals surface area contributed by atoms with Crippen molar-refractivity contribution < 1.29 is 27.4 Å². The van der Waals surface area contributed by atoms with Crippen molar-refractivity contribution in [1.29, 1.82) is 0 Å². The third-order valence-electron chi connectivity index (χ3n) is 6.08. The molecule has 2 aromatic rings. The second-order valence-corrected chi connectivity index (χ2v) is 9.06. The summed E-state index contributed by atoms with van der Waals surface area (Å²) < 4.78 is 51.9. The van der Waals surface area contributed by atoms with Crippen molar-refractivity contribution >= 4 is 11.8 Å². The van der Waals surface area contributed by atoms with Gasteiger partial charge in [0.05, 0.1) is 31.3 Å². The molecule has 2 fully saturated rings. The van der Waals surface area contributed by atoms with Crippen LogP contribution in [0.25, 0.3) is 0 Å². The van der Waals surface area contributed by atoms with Crippen LogP contribution in [0.3, 0.4) is 0 Å². The van der Waals surface area contributed by atoms with Crippen LogP contribution < -0.4 is 19.7 Å². The van der Waals surface area contributed by atoms with E-state index in [4.69, 9.17) is 9.47 Å². The lowest BCUT2D eigenvalue weighted by molar-refractivity contribution is 0.0855. The lowest BCUT2D eigenvalue weighted by atomic mass is 10.1. The number of halogens is 3. The number of nitrogens with zero attached hydrogens (tertiary/aromatic N) is 3. The highest BCUT2D eigenvalue weighted by molar-refractivity contribution is 5.74. The van der Waals surface area contributed by atoms with Gasteiger partial charge in [0.15, 0.2) is 11.6 Å². The van der Waals surface area contributed by atoms with E-state index in [1.807, 2.05) is 31.2 Å². The predicted octanol–water partition coefficient (Wildman–Crippen LogP) is 4.24. The minimum absolute atomic E-state index is 0.133. The topological polar surface area (TPSA) is 66.9 Å². The predicted molar refractivity (Wildman–Crippen MR) is 121 cm³/mol. The summed E-state index contributed by atoms with van der Waals surface area (Å²) in [7, 11) is 3.37. The van der Waals surface area contributed by atoms with Gasteiger partial charge in [0.25, 0.3) is 5.92 Å². The highest BCUT2D eigenvalue weighted by Gasteiger charge is 2.57. The van der Waals surface area contributed by atoms with Gasteiger partial charge < -0.3 is 24.6 Å². The summed E-state index contributed by atoms with van der Waals surface area (Å²) in [5, 5.41) is 2.90. The Morgan fingerprint density at radius 3 is 2.62 bits per heavy atom. The number of nitrogens with one attached hydrogen (secondary N) is 1. The molecule has 1 saturated heterocycles. The van der Waals surface area contributed by atoms with E-state index in [2.05, 4.69) is 10.3 Å². The van der Waals surface area contributed by atoms with E-state index in [-0.39, 0.29) is 42.8 Å². The second kappa shape index (κ2) is 9.60. The number of pyridine rings is 1. The van der Waals surface area contributed by atoms with Crippen molar-refractivity contribution in [2.24, 2.45) is 5.92 Å². The SMILES string of the molecule is C[C@H](NC(=O)N(C)C)c1ccc(OC2CCN(c3ncc(OCC4CC4(F)F)cc3F)C2)cc1. The van der Waals surface area contributed by atoms with Crippen LogP contribution in [0.1, 0.15) is 31.4 Å². The van der Waals surface area contributed by atoms with Crippen LogP contribution in [0.5, 0.6) is 11.5 Å². The Labute approximate surface area is 196 Å². The van der Waals surface area contributed by atoms with E-state index in [1.54, 1.807) is 19.0 Å². The van der Waals surface area contributed by atoms with Crippen LogP contribution in [0.2, 0.25) is 0 Å². The lowest BCUT2D eigenvalue weighted by Gasteiger charge is -2.20. The Bertz CT molecular complexity index is 1020. The maximum absolute atomic E-state index is 14.6. The fourth-order valence-corrected chi connectivity index (χ4v) is 3.81. The molecule has 1 aromatic carbocycles. The summed E-state index contributed by atoms with van der Waals surface area (Å²) in [6.07, 6.45) is 1.74. The number of ether oxygens (including phenoxy) is 2. The van der Waals surface area contributed by atoms with Crippen LogP contribution >= 0.6 is 0 Å². The Hall–Kier alpha value is -3.17. The first-order chi connectivity index (χ1) is 16.1. The van der Waals surface area contributed by atoms with Crippen LogP contribution in [0, 0.1) is 11.7 Å². The van der Waals surface area contributed by atoms with Gasteiger partial charge in [0.2, 0.25) is 0 Å². The molecule has 0 bridgehead atoms. The van der Waals surface area contributed by atoms with Gasteiger partial charge in [-0.15, -0.1) is 0 Å². The molecule has 2 aliphatic rings. The number of carbonyl (C=O) groups is 1. The van der Waals surface area contributed by atoms with E-state index < -0.39 is 17.7 Å². The molecule has 1 saturated carbocycles. The fourth-order valence-electron chi connectivity index (χ4n) is 3.81. The molecule has 1 N–H and O–H groups in total. The lowest BCUT2D eigenvalue weighted by Crippen LogP contribution is -2.36. The monoisotopic (exact) mass is 478 g/mol. The maximum atomic E-state index is 14.6. The molecular weight excluding hydrogens is 449 g/mol. The molecule has 34 heavy (non-hydrogen) atoms. The number of hydrogen-bond donors (Lipinski definition) is 1. The number of benzene rings is 1. The molecule has 0 spiro atoms. The summed E-state index contributed by atoms with van der Waals surface area (Å²) in [4.78, 5) is 19.2. The zero-order chi connectivity index (χ0) is 24.5. The van der Waals surface area contributed by atoms with Crippen molar-refractivity contribution in [3.05, 3.63) is 47.9 Å². The normalized spacial score (nSPS) is 21.6. The van der Waals surface area contributed by atoms with E-state index in [9.17, 15) is 18.0 Å². The number of hydrogen-bond acceptors (Lipinski definition) is 5. The summed E-state index contributed by atoms with van der Waals surface area (Å²) in [6.45, 7) is 2.81. The Kier molecular flexibility index (Phi) is 6.77. The van der Waals surface area contributed by atoms with Crippen LogP contribution in [-0.2, 0) is 0 Å². The minimum Gasteiger partial charge on any atom is -0.491 e. The largest absolute Gasteiger partial charge is 0.491 e. The molecule has 184 valence electrons. The molecule has 7 nitrogen and oxygen atoms in total. The van der Waals surface area contributed by atoms with Crippen LogP contribution in [0.15, 0.2) is 36.5 Å². The number of anilines is 1. The van der Waals surface area contributed by atoms with E-state index in [0.29, 0.717) is 25.3 Å². The first kappa shape index (κ1) is 24.0. The van der Waals surface area contributed by atoms with Gasteiger partial charge in [-0.1, -0.05) is 12.1 Å². The average Bonchev–Trinajstić information content (AvgIpc) is 3.16. The van der Waals surface area contributed by atoms with Gasteiger partial charge in [0.1, 0.15) is 17.6 Å². The summed E-state index contributed by atoms with van der Waals surface area (Å²) in [6, 6.07) is 8.39. The first-order valence-corrected chi connectivity index (χ1v) is 11.3. The Balaban J connectivity index is 1.28. The number of aromatic nitrogens is 1. The smallest absolute Gasteiger partial charge is 0.317 e. The molecular formula is C24H29F3N4O3. The number of amides is 2. The molecule has 1 aromatic heterocycles. The second-order valence-electron chi connectivity index (χ2n) is 9.06. The summed E-state index contributed by atoms with van der Waals surface area (Å²) in [5.41, 5.74) is 0.953. The van der Waals surface area contributed by atoms with Gasteiger partial charge in [-0.2, -0.15) is 0 Å². The number of urea groups is 1. The molecule has 4 rings (SSSR count). The third kappa shape index (κ3) is 5.66. The third-order valence-corrected chi connectivity index (χ3v) is 6.08. The van der Waals surface area contributed by atoms with Crippen molar-refractivity contribution in [3.63, 3.8) is 0 Å². The number of rotatable bonds is 8. The first-order valence-electron chi connectivity index (χ1n) is 11.3. The van der Waals surface area contributed by atoms with Crippen molar-refractivity contribution in [2.75, 3.05) is 38.7 Å². The minimum atomic E-state index is -2.67. The maximum Gasteiger partial charge on any atom is 0.317 e. The fraction of sp³-hybridized carbons (Fsp3) is 0.500. The quantitative estimate of drug-likeness (QED) is 0.615.